The molecule has 1 aliphatic heterocycles. The van der Waals surface area contributed by atoms with Crippen LogP contribution in [0, 0.1) is 5.82 Å². The lowest BCUT2D eigenvalue weighted by Gasteiger charge is -2.26. The fourth-order valence-electron chi connectivity index (χ4n) is 2.60. The Balaban J connectivity index is 1.55. The van der Waals surface area contributed by atoms with E-state index in [-0.39, 0.29) is 23.2 Å². The number of carbonyl (C=O) groups is 1. The topological polar surface area (TPSA) is 87.7 Å². The lowest BCUT2D eigenvalue weighted by atomic mass is 10.3. The van der Waals surface area contributed by atoms with Gasteiger partial charge in [-0.05, 0) is 48.5 Å². The highest BCUT2D eigenvalue weighted by Gasteiger charge is 2.26. The van der Waals surface area contributed by atoms with Gasteiger partial charge >= 0.3 is 0 Å². The van der Waals surface area contributed by atoms with Crippen molar-refractivity contribution in [2.24, 2.45) is 0 Å². The molecule has 0 saturated carbocycles. The number of hydrogen-bond acceptors (Lipinski definition) is 5. The molecule has 1 amide bonds. The van der Waals surface area contributed by atoms with Gasteiger partial charge in [-0.25, -0.2) is 12.8 Å². The van der Waals surface area contributed by atoms with Gasteiger partial charge in [0.25, 0.3) is 0 Å². The van der Waals surface area contributed by atoms with Gasteiger partial charge in [0.05, 0.1) is 24.7 Å². The third-order valence-corrected chi connectivity index (χ3v) is 5.96. The summed E-state index contributed by atoms with van der Waals surface area (Å²) >= 11 is 0. The number of benzene rings is 2. The highest BCUT2D eigenvalue weighted by Crippen LogP contribution is 2.19. The van der Waals surface area contributed by atoms with E-state index in [1.54, 1.807) is 12.1 Å². The number of hydrogen-bond donors (Lipinski definition) is 2. The number of ether oxygens (including phenoxy) is 1. The standard InChI is InChI=1S/C18H20FN3O4S/c19-14-1-3-16(4-2-14)21-18(23)13-20-15-5-7-17(8-6-15)27(24,25)22-9-11-26-12-10-22/h1-8,20H,9-13H2,(H,21,23). The minimum absolute atomic E-state index is 0.00701. The van der Waals surface area contributed by atoms with Crippen LogP contribution >= 0.6 is 0 Å². The number of nitrogens with one attached hydrogen (secondary N) is 2. The van der Waals surface area contributed by atoms with E-state index in [9.17, 15) is 17.6 Å². The molecule has 0 aromatic heterocycles. The van der Waals surface area contributed by atoms with Crippen molar-refractivity contribution in [2.45, 2.75) is 4.90 Å². The molecule has 1 aliphatic rings. The number of anilines is 2. The van der Waals surface area contributed by atoms with Gasteiger partial charge < -0.3 is 15.4 Å². The smallest absolute Gasteiger partial charge is 0.243 e. The average Bonchev–Trinajstić information content (AvgIpc) is 2.69. The van der Waals surface area contributed by atoms with Gasteiger partial charge in [0, 0.05) is 24.5 Å². The van der Waals surface area contributed by atoms with Crippen LogP contribution in [0.4, 0.5) is 15.8 Å². The molecule has 0 bridgehead atoms. The van der Waals surface area contributed by atoms with E-state index < -0.39 is 10.0 Å². The molecule has 0 radical (unpaired) electrons. The lowest BCUT2D eigenvalue weighted by molar-refractivity contribution is -0.114. The number of morpholine rings is 1. The van der Waals surface area contributed by atoms with Crippen LogP contribution in [0.25, 0.3) is 0 Å². The van der Waals surface area contributed by atoms with Crippen molar-refractivity contribution in [3.8, 4) is 0 Å². The van der Waals surface area contributed by atoms with E-state index in [1.165, 1.54) is 40.7 Å². The van der Waals surface area contributed by atoms with Gasteiger partial charge in [-0.2, -0.15) is 4.31 Å². The molecule has 0 atom stereocenters. The van der Waals surface area contributed by atoms with Crippen molar-refractivity contribution < 1.29 is 22.3 Å². The molecule has 3 rings (SSSR count). The number of halogens is 1. The van der Waals surface area contributed by atoms with Crippen molar-refractivity contribution in [2.75, 3.05) is 43.5 Å². The molecule has 1 saturated heterocycles. The number of rotatable bonds is 6. The zero-order chi connectivity index (χ0) is 19.3. The Morgan fingerprint density at radius 3 is 2.22 bits per heavy atom. The van der Waals surface area contributed by atoms with Gasteiger partial charge in [0.1, 0.15) is 5.82 Å². The summed E-state index contributed by atoms with van der Waals surface area (Å²) in [6, 6.07) is 11.7. The first-order valence-electron chi connectivity index (χ1n) is 8.42. The summed E-state index contributed by atoms with van der Waals surface area (Å²) in [5.74, 6) is -0.676. The SMILES string of the molecule is O=C(CNc1ccc(S(=O)(=O)N2CCOCC2)cc1)Nc1ccc(F)cc1. The zero-order valence-corrected chi connectivity index (χ0v) is 15.3. The minimum atomic E-state index is -3.54. The third kappa shape index (κ3) is 5.03. The summed E-state index contributed by atoms with van der Waals surface area (Å²) in [6.45, 7) is 1.45. The van der Waals surface area contributed by atoms with E-state index in [4.69, 9.17) is 4.74 Å². The fraction of sp³-hybridized carbons (Fsp3) is 0.278. The van der Waals surface area contributed by atoms with Crippen molar-refractivity contribution in [1.82, 2.24) is 4.31 Å². The van der Waals surface area contributed by atoms with E-state index in [2.05, 4.69) is 10.6 Å². The maximum Gasteiger partial charge on any atom is 0.243 e. The van der Waals surface area contributed by atoms with Gasteiger partial charge in [0.15, 0.2) is 0 Å². The molecular weight excluding hydrogens is 373 g/mol. The zero-order valence-electron chi connectivity index (χ0n) is 14.5. The van der Waals surface area contributed by atoms with Crippen molar-refractivity contribution in [1.29, 1.82) is 0 Å². The molecular formula is C18H20FN3O4S. The number of amides is 1. The molecule has 144 valence electrons. The van der Waals surface area contributed by atoms with Crippen LogP contribution < -0.4 is 10.6 Å². The van der Waals surface area contributed by atoms with Crippen LogP contribution in [0.1, 0.15) is 0 Å². The van der Waals surface area contributed by atoms with E-state index in [0.29, 0.717) is 37.7 Å². The predicted octanol–water partition coefficient (Wildman–Crippen LogP) is 1.90. The van der Waals surface area contributed by atoms with Gasteiger partial charge in [-0.1, -0.05) is 0 Å². The molecule has 0 spiro atoms. The normalized spacial score (nSPS) is 15.3. The fourth-order valence-corrected chi connectivity index (χ4v) is 4.01. The second-order valence-corrected chi connectivity index (χ2v) is 7.89. The summed E-state index contributed by atoms with van der Waals surface area (Å²) in [4.78, 5) is 12.1. The number of nitrogens with zero attached hydrogens (tertiary/aromatic N) is 1. The molecule has 2 N–H and O–H groups in total. The van der Waals surface area contributed by atoms with Gasteiger partial charge in [-0.15, -0.1) is 0 Å². The first kappa shape index (κ1) is 19.3. The molecule has 0 aliphatic carbocycles. The Labute approximate surface area is 157 Å². The Morgan fingerprint density at radius 2 is 1.59 bits per heavy atom. The maximum absolute atomic E-state index is 12.9. The van der Waals surface area contributed by atoms with Crippen LogP contribution in [-0.2, 0) is 19.6 Å². The Bertz CT molecular complexity index is 880. The monoisotopic (exact) mass is 393 g/mol. The van der Waals surface area contributed by atoms with Crippen LogP contribution in [0.3, 0.4) is 0 Å². The summed E-state index contributed by atoms with van der Waals surface area (Å²) in [5.41, 5.74) is 1.11. The molecule has 27 heavy (non-hydrogen) atoms. The number of carbonyl (C=O) groups excluding carboxylic acids is 1. The minimum Gasteiger partial charge on any atom is -0.379 e. The molecule has 1 fully saturated rings. The van der Waals surface area contributed by atoms with E-state index in [1.807, 2.05) is 0 Å². The summed E-state index contributed by atoms with van der Waals surface area (Å²) in [7, 11) is -3.54. The average molecular weight is 393 g/mol. The Hall–Kier alpha value is -2.49. The molecule has 2 aromatic rings. The molecule has 2 aromatic carbocycles. The van der Waals surface area contributed by atoms with Crippen LogP contribution in [0.15, 0.2) is 53.4 Å². The van der Waals surface area contributed by atoms with Crippen molar-refractivity contribution in [3.63, 3.8) is 0 Å². The Kier molecular flexibility index (Phi) is 6.04. The second-order valence-electron chi connectivity index (χ2n) is 5.95. The predicted molar refractivity (Wildman–Crippen MR) is 99.5 cm³/mol. The van der Waals surface area contributed by atoms with Crippen LogP contribution in [0.5, 0.6) is 0 Å². The first-order chi connectivity index (χ1) is 12.9. The summed E-state index contributed by atoms with van der Waals surface area (Å²) in [5, 5.41) is 5.56. The summed E-state index contributed by atoms with van der Waals surface area (Å²) in [6.07, 6.45) is 0. The van der Waals surface area contributed by atoms with E-state index in [0.717, 1.165) is 0 Å². The number of sulfonamides is 1. The third-order valence-electron chi connectivity index (χ3n) is 4.04. The molecule has 1 heterocycles. The Morgan fingerprint density at radius 1 is 1.00 bits per heavy atom. The maximum atomic E-state index is 12.9. The quantitative estimate of drug-likeness (QED) is 0.783. The molecule has 0 unspecified atom stereocenters. The second kappa shape index (κ2) is 8.47. The summed E-state index contributed by atoms with van der Waals surface area (Å²) < 4.78 is 44.5. The largest absolute Gasteiger partial charge is 0.379 e. The van der Waals surface area contributed by atoms with Crippen molar-refractivity contribution >= 4 is 27.3 Å². The van der Waals surface area contributed by atoms with Crippen LogP contribution in [-0.4, -0.2) is 51.5 Å². The van der Waals surface area contributed by atoms with Gasteiger partial charge in [-0.3, -0.25) is 4.79 Å². The first-order valence-corrected chi connectivity index (χ1v) is 9.86. The van der Waals surface area contributed by atoms with Crippen molar-refractivity contribution in [3.05, 3.63) is 54.3 Å². The van der Waals surface area contributed by atoms with Crippen LogP contribution in [0.2, 0.25) is 0 Å². The lowest BCUT2D eigenvalue weighted by Crippen LogP contribution is -2.40. The van der Waals surface area contributed by atoms with Gasteiger partial charge in [0.2, 0.25) is 15.9 Å². The molecule has 9 heteroatoms. The van der Waals surface area contributed by atoms with E-state index >= 15 is 0 Å². The highest BCUT2D eigenvalue weighted by molar-refractivity contribution is 7.89. The molecule has 7 nitrogen and oxygen atoms in total. The highest BCUT2D eigenvalue weighted by atomic mass is 32.2.